The van der Waals surface area contributed by atoms with E-state index in [9.17, 15) is 24.5 Å². The Kier molecular flexibility index (Phi) is 6.39. The molecule has 9 nitrogen and oxygen atoms in total. The molecule has 9 heteroatoms. The van der Waals surface area contributed by atoms with E-state index in [0.29, 0.717) is 0 Å². The topological polar surface area (TPSA) is 144 Å². The van der Waals surface area contributed by atoms with Crippen molar-refractivity contribution in [2.24, 2.45) is 5.73 Å². The van der Waals surface area contributed by atoms with E-state index in [1.807, 2.05) is 13.8 Å². The summed E-state index contributed by atoms with van der Waals surface area (Å²) in [5, 5.41) is 19.7. The fourth-order valence-electron chi connectivity index (χ4n) is 2.47. The summed E-state index contributed by atoms with van der Waals surface area (Å²) in [6.07, 6.45) is -0.478. The van der Waals surface area contributed by atoms with E-state index >= 15 is 0 Å². The average molecular weight is 337 g/mol. The molecule has 0 saturated heterocycles. The minimum Gasteiger partial charge on any atom is -0.481 e. The monoisotopic (exact) mass is 337 g/mol. The van der Waals surface area contributed by atoms with Crippen LogP contribution in [0.4, 0.5) is 5.69 Å². The average Bonchev–Trinajstić information content (AvgIpc) is 2.86. The van der Waals surface area contributed by atoms with Crippen LogP contribution in [0.15, 0.2) is 18.2 Å². The SMILES string of the molecule is CC.NC(=O)C(CCC(=O)O)N1Cc2c(cccc2[N+](=O)[O-])C1=O. The third-order valence-electron chi connectivity index (χ3n) is 3.50. The maximum Gasteiger partial charge on any atom is 0.303 e. The predicted octanol–water partition coefficient (Wildman–Crippen LogP) is 1.30. The summed E-state index contributed by atoms with van der Waals surface area (Å²) in [5.41, 5.74) is 5.37. The molecular weight excluding hydrogens is 318 g/mol. The van der Waals surface area contributed by atoms with Gasteiger partial charge in [0.05, 0.1) is 22.6 Å². The van der Waals surface area contributed by atoms with E-state index < -0.39 is 28.7 Å². The molecule has 1 heterocycles. The summed E-state index contributed by atoms with van der Waals surface area (Å²) >= 11 is 0. The Morgan fingerprint density at radius 3 is 2.54 bits per heavy atom. The molecule has 0 saturated carbocycles. The number of carboxylic acid groups (broad SMARTS) is 1. The van der Waals surface area contributed by atoms with Crippen molar-refractivity contribution in [3.8, 4) is 0 Å². The molecule has 1 unspecified atom stereocenters. The number of rotatable bonds is 6. The van der Waals surface area contributed by atoms with Gasteiger partial charge in [-0.25, -0.2) is 0 Å². The van der Waals surface area contributed by atoms with Crippen LogP contribution < -0.4 is 5.73 Å². The van der Waals surface area contributed by atoms with Crippen LogP contribution in [0.3, 0.4) is 0 Å². The first-order chi connectivity index (χ1) is 11.3. The third kappa shape index (κ3) is 3.86. The molecule has 0 aromatic heterocycles. The van der Waals surface area contributed by atoms with Gasteiger partial charge in [0.15, 0.2) is 0 Å². The number of carboxylic acids is 1. The van der Waals surface area contributed by atoms with Gasteiger partial charge >= 0.3 is 5.97 Å². The largest absolute Gasteiger partial charge is 0.481 e. The van der Waals surface area contributed by atoms with Crippen LogP contribution in [0.2, 0.25) is 0 Å². The quantitative estimate of drug-likeness (QED) is 0.591. The molecular formula is C15H19N3O6. The van der Waals surface area contributed by atoms with E-state index in [4.69, 9.17) is 10.8 Å². The summed E-state index contributed by atoms with van der Waals surface area (Å²) in [6, 6.07) is 2.97. The number of amides is 2. The smallest absolute Gasteiger partial charge is 0.303 e. The molecule has 130 valence electrons. The lowest BCUT2D eigenvalue weighted by Gasteiger charge is -2.24. The molecule has 1 aromatic rings. The number of nitrogens with two attached hydrogens (primary N) is 1. The zero-order valence-electron chi connectivity index (χ0n) is 13.4. The van der Waals surface area contributed by atoms with Gasteiger partial charge in [0.25, 0.3) is 11.6 Å². The lowest BCUT2D eigenvalue weighted by Crippen LogP contribution is -2.45. The first-order valence-electron chi connectivity index (χ1n) is 7.41. The number of aliphatic carboxylic acids is 1. The van der Waals surface area contributed by atoms with Crippen molar-refractivity contribution in [3.63, 3.8) is 0 Å². The Hall–Kier alpha value is -2.97. The summed E-state index contributed by atoms with van der Waals surface area (Å²) in [6.45, 7) is 3.86. The third-order valence-corrected chi connectivity index (χ3v) is 3.50. The van der Waals surface area contributed by atoms with Crippen LogP contribution in [0.1, 0.15) is 42.6 Å². The molecule has 1 aliphatic heterocycles. The van der Waals surface area contributed by atoms with Crippen molar-refractivity contribution >= 4 is 23.5 Å². The lowest BCUT2D eigenvalue weighted by molar-refractivity contribution is -0.385. The molecule has 0 spiro atoms. The molecule has 0 aliphatic carbocycles. The Balaban J connectivity index is 0.00000139. The number of fused-ring (bicyclic) bond motifs is 1. The van der Waals surface area contributed by atoms with Gasteiger partial charge in [-0.2, -0.15) is 0 Å². The highest BCUT2D eigenvalue weighted by Crippen LogP contribution is 2.32. The molecule has 1 aromatic carbocycles. The zero-order chi connectivity index (χ0) is 18.4. The number of hydrogen-bond donors (Lipinski definition) is 2. The molecule has 3 N–H and O–H groups in total. The summed E-state index contributed by atoms with van der Waals surface area (Å²) < 4.78 is 0. The van der Waals surface area contributed by atoms with E-state index in [0.717, 1.165) is 4.90 Å². The molecule has 0 fully saturated rings. The summed E-state index contributed by atoms with van der Waals surface area (Å²) in [4.78, 5) is 45.9. The number of primary amides is 1. The molecule has 2 rings (SSSR count). The Morgan fingerprint density at radius 1 is 1.42 bits per heavy atom. The zero-order valence-corrected chi connectivity index (χ0v) is 13.4. The molecule has 0 bridgehead atoms. The first-order valence-corrected chi connectivity index (χ1v) is 7.41. The minimum absolute atomic E-state index is 0.135. The predicted molar refractivity (Wildman–Crippen MR) is 84.2 cm³/mol. The second-order valence-electron chi connectivity index (χ2n) is 4.84. The number of benzene rings is 1. The Bertz CT molecular complexity index is 673. The number of carbonyl (C=O) groups is 3. The maximum absolute atomic E-state index is 12.3. The summed E-state index contributed by atoms with van der Waals surface area (Å²) in [7, 11) is 0. The van der Waals surface area contributed by atoms with E-state index in [1.54, 1.807) is 0 Å². The van der Waals surface area contributed by atoms with E-state index in [-0.39, 0.29) is 36.2 Å². The van der Waals surface area contributed by atoms with Gasteiger partial charge in [-0.1, -0.05) is 19.9 Å². The van der Waals surface area contributed by atoms with Crippen molar-refractivity contribution in [1.82, 2.24) is 4.90 Å². The Labute approximate surface area is 138 Å². The van der Waals surface area contributed by atoms with Gasteiger partial charge in [0.2, 0.25) is 5.91 Å². The van der Waals surface area contributed by atoms with Gasteiger partial charge in [0.1, 0.15) is 6.04 Å². The van der Waals surface area contributed by atoms with Crippen molar-refractivity contribution in [1.29, 1.82) is 0 Å². The second-order valence-corrected chi connectivity index (χ2v) is 4.84. The number of hydrogen-bond acceptors (Lipinski definition) is 5. The number of nitro benzene ring substituents is 1. The lowest BCUT2D eigenvalue weighted by atomic mass is 10.1. The second kappa shape index (κ2) is 8.04. The molecule has 1 aliphatic rings. The fourth-order valence-corrected chi connectivity index (χ4v) is 2.47. The molecule has 2 amide bonds. The van der Waals surface area contributed by atoms with Crippen molar-refractivity contribution in [2.75, 3.05) is 0 Å². The Morgan fingerprint density at radius 2 is 2.04 bits per heavy atom. The van der Waals surface area contributed by atoms with Crippen molar-refractivity contribution in [3.05, 3.63) is 39.4 Å². The van der Waals surface area contributed by atoms with Gasteiger partial charge in [0, 0.05) is 12.5 Å². The highest BCUT2D eigenvalue weighted by atomic mass is 16.6. The van der Waals surface area contributed by atoms with E-state index in [2.05, 4.69) is 0 Å². The standard InChI is InChI=1S/C13H13N3O6.C2H6/c14-12(19)10(4-5-11(17)18)15-6-8-7(13(15)20)2-1-3-9(8)16(21)22;1-2/h1-3,10H,4-6H2,(H2,14,19)(H,17,18);1-2H3. The van der Waals surface area contributed by atoms with Crippen LogP contribution in [0, 0.1) is 10.1 Å². The van der Waals surface area contributed by atoms with E-state index in [1.165, 1.54) is 18.2 Å². The fraction of sp³-hybridized carbons (Fsp3) is 0.400. The normalized spacial score (nSPS) is 13.6. The molecule has 0 radical (unpaired) electrons. The van der Waals surface area contributed by atoms with Gasteiger partial charge in [-0.05, 0) is 12.5 Å². The minimum atomic E-state index is -1.12. The van der Waals surface area contributed by atoms with Crippen LogP contribution in [0.25, 0.3) is 0 Å². The molecule has 24 heavy (non-hydrogen) atoms. The van der Waals surface area contributed by atoms with Gasteiger partial charge in [-0.3, -0.25) is 24.5 Å². The number of carbonyl (C=O) groups excluding carboxylic acids is 2. The van der Waals surface area contributed by atoms with Gasteiger partial charge in [-0.15, -0.1) is 0 Å². The van der Waals surface area contributed by atoms with Crippen molar-refractivity contribution < 1.29 is 24.4 Å². The molecule has 1 atom stereocenters. The van der Waals surface area contributed by atoms with Crippen LogP contribution >= 0.6 is 0 Å². The van der Waals surface area contributed by atoms with Crippen molar-refractivity contribution in [2.45, 2.75) is 39.3 Å². The van der Waals surface area contributed by atoms with Crippen LogP contribution in [0.5, 0.6) is 0 Å². The summed E-state index contributed by atoms with van der Waals surface area (Å²) in [5.74, 6) is -2.53. The van der Waals surface area contributed by atoms with Crippen LogP contribution in [-0.4, -0.2) is 38.8 Å². The number of nitro groups is 1. The van der Waals surface area contributed by atoms with Crippen LogP contribution in [-0.2, 0) is 16.1 Å². The van der Waals surface area contributed by atoms with Gasteiger partial charge < -0.3 is 15.7 Å². The highest BCUT2D eigenvalue weighted by Gasteiger charge is 2.38. The number of nitrogens with zero attached hydrogens (tertiary/aromatic N) is 2. The highest BCUT2D eigenvalue weighted by molar-refractivity contribution is 6.02. The first kappa shape index (κ1) is 19.1. The maximum atomic E-state index is 12.3.